The summed E-state index contributed by atoms with van der Waals surface area (Å²) in [4.78, 5) is 37.3. The molecule has 3 amide bonds. The van der Waals surface area contributed by atoms with Crippen LogP contribution in [0.5, 0.6) is 5.75 Å². The van der Waals surface area contributed by atoms with Crippen molar-refractivity contribution in [1.82, 2.24) is 15.5 Å². The highest BCUT2D eigenvalue weighted by Crippen LogP contribution is 2.17. The number of rotatable bonds is 9. The van der Waals surface area contributed by atoms with E-state index in [1.54, 1.807) is 24.3 Å². The molecule has 0 saturated carbocycles. The van der Waals surface area contributed by atoms with Crippen molar-refractivity contribution in [3.8, 4) is 5.75 Å². The maximum Gasteiger partial charge on any atom is 0.255 e. The van der Waals surface area contributed by atoms with Gasteiger partial charge in [0, 0.05) is 26.1 Å². The molecule has 7 heteroatoms. The summed E-state index contributed by atoms with van der Waals surface area (Å²) in [5.74, 6) is 0.0848. The van der Waals surface area contributed by atoms with Gasteiger partial charge in [-0.05, 0) is 31.9 Å². The maximum atomic E-state index is 12.2. The lowest BCUT2D eigenvalue weighted by Crippen LogP contribution is -2.38. The topological polar surface area (TPSA) is 87.7 Å². The van der Waals surface area contributed by atoms with E-state index < -0.39 is 0 Å². The number of nitrogens with zero attached hydrogens (tertiary/aromatic N) is 1. The van der Waals surface area contributed by atoms with Gasteiger partial charge in [0.15, 0.2) is 0 Å². The Bertz CT molecular complexity index is 618. The Morgan fingerprint density at radius 1 is 1.24 bits per heavy atom. The van der Waals surface area contributed by atoms with Crippen molar-refractivity contribution in [2.45, 2.75) is 26.2 Å². The zero-order valence-electron chi connectivity index (χ0n) is 14.5. The molecule has 7 nitrogen and oxygen atoms in total. The Kier molecular flexibility index (Phi) is 7.25. The molecule has 0 aromatic heterocycles. The van der Waals surface area contributed by atoms with Crippen molar-refractivity contribution < 1.29 is 19.1 Å². The minimum atomic E-state index is -0.345. The first-order valence-electron chi connectivity index (χ1n) is 8.66. The fourth-order valence-electron chi connectivity index (χ4n) is 2.69. The molecule has 1 saturated heterocycles. The molecule has 0 bridgehead atoms. The number of carbonyl (C=O) groups excluding carboxylic acids is 3. The van der Waals surface area contributed by atoms with Crippen LogP contribution in [-0.2, 0) is 9.59 Å². The quantitative estimate of drug-likeness (QED) is 0.651. The van der Waals surface area contributed by atoms with E-state index in [1.165, 1.54) is 0 Å². The van der Waals surface area contributed by atoms with Gasteiger partial charge in [0.2, 0.25) is 11.8 Å². The molecule has 2 rings (SSSR count). The van der Waals surface area contributed by atoms with E-state index in [9.17, 15) is 14.4 Å². The molecule has 1 heterocycles. The zero-order valence-corrected chi connectivity index (χ0v) is 14.5. The van der Waals surface area contributed by atoms with Crippen molar-refractivity contribution in [3.05, 3.63) is 29.8 Å². The summed E-state index contributed by atoms with van der Waals surface area (Å²) in [6, 6.07) is 6.92. The predicted octanol–water partition coefficient (Wildman–Crippen LogP) is 0.944. The van der Waals surface area contributed by atoms with Gasteiger partial charge in [-0.3, -0.25) is 14.4 Å². The van der Waals surface area contributed by atoms with Gasteiger partial charge in [0.1, 0.15) is 5.75 Å². The third-order valence-electron chi connectivity index (χ3n) is 3.94. The average molecular weight is 347 g/mol. The van der Waals surface area contributed by atoms with Gasteiger partial charge in [-0.2, -0.15) is 0 Å². The van der Waals surface area contributed by atoms with E-state index in [1.807, 2.05) is 11.8 Å². The number of benzene rings is 1. The number of likely N-dealkylation sites (tertiary alicyclic amines) is 1. The Labute approximate surface area is 147 Å². The minimum Gasteiger partial charge on any atom is -0.493 e. The lowest BCUT2D eigenvalue weighted by atomic mass is 10.2. The lowest BCUT2D eigenvalue weighted by Gasteiger charge is -2.15. The highest BCUT2D eigenvalue weighted by molar-refractivity contribution is 5.98. The van der Waals surface area contributed by atoms with E-state index in [4.69, 9.17) is 4.74 Å². The van der Waals surface area contributed by atoms with E-state index in [-0.39, 0.29) is 24.3 Å². The molecule has 0 unspecified atom stereocenters. The summed E-state index contributed by atoms with van der Waals surface area (Å²) in [5.41, 5.74) is 0.407. The summed E-state index contributed by atoms with van der Waals surface area (Å²) in [7, 11) is 0. The second-order valence-electron chi connectivity index (χ2n) is 5.80. The number of amides is 3. The Morgan fingerprint density at radius 2 is 2.04 bits per heavy atom. The van der Waals surface area contributed by atoms with Crippen LogP contribution < -0.4 is 15.4 Å². The second kappa shape index (κ2) is 9.66. The zero-order chi connectivity index (χ0) is 18.1. The number of para-hydroxylation sites is 1. The van der Waals surface area contributed by atoms with Crippen LogP contribution in [0.2, 0.25) is 0 Å². The van der Waals surface area contributed by atoms with Crippen LogP contribution in [0, 0.1) is 0 Å². The van der Waals surface area contributed by atoms with Gasteiger partial charge in [-0.1, -0.05) is 12.1 Å². The molecule has 1 aliphatic heterocycles. The van der Waals surface area contributed by atoms with Crippen LogP contribution in [0.25, 0.3) is 0 Å². The molecule has 0 atom stereocenters. The molecule has 1 fully saturated rings. The Hall–Kier alpha value is -2.57. The van der Waals surface area contributed by atoms with E-state index in [0.29, 0.717) is 43.9 Å². The van der Waals surface area contributed by atoms with E-state index in [2.05, 4.69) is 10.6 Å². The monoisotopic (exact) mass is 347 g/mol. The first-order valence-corrected chi connectivity index (χ1v) is 8.66. The molecule has 1 aromatic rings. The molecule has 136 valence electrons. The minimum absolute atomic E-state index is 0.0953. The molecule has 25 heavy (non-hydrogen) atoms. The molecule has 2 N–H and O–H groups in total. The average Bonchev–Trinajstić information content (AvgIpc) is 3.02. The van der Waals surface area contributed by atoms with Gasteiger partial charge in [0.05, 0.1) is 18.7 Å². The fraction of sp³-hybridized carbons (Fsp3) is 0.500. The molecule has 1 aromatic carbocycles. The highest BCUT2D eigenvalue weighted by Gasteiger charge is 2.19. The van der Waals surface area contributed by atoms with Crippen molar-refractivity contribution in [1.29, 1.82) is 0 Å². The smallest absolute Gasteiger partial charge is 0.255 e. The van der Waals surface area contributed by atoms with Gasteiger partial charge in [-0.25, -0.2) is 0 Å². The number of nitrogens with one attached hydrogen (secondary N) is 2. The highest BCUT2D eigenvalue weighted by atomic mass is 16.5. The summed E-state index contributed by atoms with van der Waals surface area (Å²) in [6.07, 6.45) is 2.25. The van der Waals surface area contributed by atoms with Gasteiger partial charge < -0.3 is 20.3 Å². The van der Waals surface area contributed by atoms with Crippen molar-refractivity contribution in [3.63, 3.8) is 0 Å². The summed E-state index contributed by atoms with van der Waals surface area (Å²) in [5, 5.41) is 5.34. The number of ether oxygens (including phenoxy) is 1. The van der Waals surface area contributed by atoms with Gasteiger partial charge in [-0.15, -0.1) is 0 Å². The van der Waals surface area contributed by atoms with Crippen LogP contribution in [0.15, 0.2) is 24.3 Å². The standard InChI is InChI=1S/C18H25N3O4/c1-2-25-15-8-4-3-7-14(15)18(24)20-13-16(22)19-10-6-12-21-11-5-9-17(21)23/h3-4,7-8H,2,5-6,9-13H2,1H3,(H,19,22)(H,20,24). The van der Waals surface area contributed by atoms with E-state index in [0.717, 1.165) is 13.0 Å². The lowest BCUT2D eigenvalue weighted by molar-refractivity contribution is -0.127. The summed E-state index contributed by atoms with van der Waals surface area (Å²) in [6.45, 7) is 4.16. The Morgan fingerprint density at radius 3 is 2.76 bits per heavy atom. The third kappa shape index (κ3) is 5.77. The summed E-state index contributed by atoms with van der Waals surface area (Å²) >= 11 is 0. The number of hydrogen-bond acceptors (Lipinski definition) is 4. The molecular formula is C18H25N3O4. The van der Waals surface area contributed by atoms with Gasteiger partial charge in [0.25, 0.3) is 5.91 Å². The van der Waals surface area contributed by atoms with Gasteiger partial charge >= 0.3 is 0 Å². The van der Waals surface area contributed by atoms with Crippen LogP contribution >= 0.6 is 0 Å². The van der Waals surface area contributed by atoms with Crippen molar-refractivity contribution >= 4 is 17.7 Å². The first kappa shape index (κ1) is 18.8. The molecule has 1 aliphatic rings. The SMILES string of the molecule is CCOc1ccccc1C(=O)NCC(=O)NCCCN1CCCC1=O. The first-order chi connectivity index (χ1) is 12.1. The van der Waals surface area contributed by atoms with E-state index >= 15 is 0 Å². The number of hydrogen-bond donors (Lipinski definition) is 2. The second-order valence-corrected chi connectivity index (χ2v) is 5.80. The van der Waals surface area contributed by atoms with Crippen LogP contribution in [0.4, 0.5) is 0 Å². The van der Waals surface area contributed by atoms with Crippen molar-refractivity contribution in [2.24, 2.45) is 0 Å². The normalized spacial score (nSPS) is 13.6. The fourth-order valence-corrected chi connectivity index (χ4v) is 2.69. The molecule has 0 radical (unpaired) electrons. The largest absolute Gasteiger partial charge is 0.493 e. The maximum absolute atomic E-state index is 12.2. The Balaban J connectivity index is 1.67. The van der Waals surface area contributed by atoms with Crippen LogP contribution in [0.3, 0.4) is 0 Å². The van der Waals surface area contributed by atoms with Crippen LogP contribution in [-0.4, -0.2) is 55.4 Å². The molecule has 0 aliphatic carbocycles. The molecular weight excluding hydrogens is 322 g/mol. The molecule has 0 spiro atoms. The number of carbonyl (C=O) groups is 3. The van der Waals surface area contributed by atoms with Crippen LogP contribution in [0.1, 0.15) is 36.5 Å². The summed E-state index contributed by atoms with van der Waals surface area (Å²) < 4.78 is 5.41. The van der Waals surface area contributed by atoms with Crippen molar-refractivity contribution in [2.75, 3.05) is 32.8 Å². The predicted molar refractivity (Wildman–Crippen MR) is 93.4 cm³/mol. The third-order valence-corrected chi connectivity index (χ3v) is 3.94.